The van der Waals surface area contributed by atoms with Crippen LogP contribution < -0.4 is 5.32 Å². The summed E-state index contributed by atoms with van der Waals surface area (Å²) in [5.74, 6) is 5.95. The highest BCUT2D eigenvalue weighted by atomic mass is 16.5. The molecule has 1 amide bonds. The van der Waals surface area contributed by atoms with Crippen LogP contribution in [0.3, 0.4) is 0 Å². The Morgan fingerprint density at radius 2 is 1.97 bits per heavy atom. The van der Waals surface area contributed by atoms with Crippen molar-refractivity contribution in [1.29, 1.82) is 0 Å². The summed E-state index contributed by atoms with van der Waals surface area (Å²) >= 11 is 0. The number of rotatable bonds is 5. The Balaban J connectivity index is 1.25. The van der Waals surface area contributed by atoms with E-state index in [-0.39, 0.29) is 18.1 Å². The molecule has 5 aromatic rings. The second-order valence-electron chi connectivity index (χ2n) is 8.91. The van der Waals surface area contributed by atoms with Gasteiger partial charge in [-0.15, -0.1) is 0 Å². The summed E-state index contributed by atoms with van der Waals surface area (Å²) in [6, 6.07) is 12.7. The number of anilines is 1. The van der Waals surface area contributed by atoms with Crippen LogP contribution in [0.5, 0.6) is 0 Å². The van der Waals surface area contributed by atoms with Crippen molar-refractivity contribution in [2.45, 2.75) is 31.8 Å². The van der Waals surface area contributed by atoms with Crippen LogP contribution in [0.15, 0.2) is 68.1 Å². The average Bonchev–Trinajstić information content (AvgIpc) is 3.32. The maximum Gasteiger partial charge on any atom is 0.412 e. The monoisotopic (exact) mass is 496 g/mol. The van der Waals surface area contributed by atoms with Gasteiger partial charge in [-0.3, -0.25) is 15.1 Å². The number of nitrogens with one attached hydrogen (secondary N) is 1. The van der Waals surface area contributed by atoms with E-state index in [9.17, 15) is 14.7 Å². The number of ether oxygens (including phenoxy) is 1. The number of carboxylic acid groups (broad SMARTS) is 1. The molecule has 1 aliphatic rings. The molecule has 0 bridgehead atoms. The predicted octanol–water partition coefficient (Wildman–Crippen LogP) is 5.74. The molecule has 9 heteroatoms. The van der Waals surface area contributed by atoms with Crippen LogP contribution >= 0.6 is 0 Å². The molecule has 1 fully saturated rings. The Morgan fingerprint density at radius 3 is 2.73 bits per heavy atom. The zero-order valence-corrected chi connectivity index (χ0v) is 19.7. The molecule has 0 unspecified atom stereocenters. The third kappa shape index (κ3) is 4.08. The molecule has 1 saturated carbocycles. The van der Waals surface area contributed by atoms with E-state index in [0.29, 0.717) is 46.4 Å². The highest BCUT2D eigenvalue weighted by molar-refractivity contribution is 6.00. The lowest BCUT2D eigenvalue weighted by molar-refractivity contribution is -0.140. The standard InChI is InChI=1S/C28H20N2O7/c1-16-4-2-3-5-17(16)15-34-27(33)30-24-20-8-11-29-14-22(20)36-21(24)7-6-19-12-18-13-23(37-25(18)35-19)28(9-10-28)26(31)32/h2-5,8,11-14H,9-10,15H2,1H3,(H,30,33)(H,31,32). The topological polar surface area (TPSA) is 128 Å². The van der Waals surface area contributed by atoms with Crippen molar-refractivity contribution < 1.29 is 32.7 Å². The number of aliphatic carboxylic acids is 1. The van der Waals surface area contributed by atoms with Crippen molar-refractivity contribution in [3.8, 4) is 11.8 Å². The first-order valence-corrected chi connectivity index (χ1v) is 11.6. The van der Waals surface area contributed by atoms with E-state index in [1.165, 1.54) is 6.20 Å². The van der Waals surface area contributed by atoms with Gasteiger partial charge in [-0.2, -0.15) is 0 Å². The van der Waals surface area contributed by atoms with Crippen molar-refractivity contribution in [2.75, 3.05) is 5.32 Å². The van der Waals surface area contributed by atoms with Gasteiger partial charge in [0.1, 0.15) is 23.5 Å². The van der Waals surface area contributed by atoms with Crippen LogP contribution in [-0.2, 0) is 21.6 Å². The minimum Gasteiger partial charge on any atom is -0.480 e. The molecule has 37 heavy (non-hydrogen) atoms. The van der Waals surface area contributed by atoms with Gasteiger partial charge in [-0.25, -0.2) is 4.79 Å². The van der Waals surface area contributed by atoms with Gasteiger partial charge in [0.15, 0.2) is 11.3 Å². The Hall–Kier alpha value is -4.97. The number of amides is 1. The molecule has 0 spiro atoms. The van der Waals surface area contributed by atoms with E-state index in [0.717, 1.165) is 11.1 Å². The minimum absolute atomic E-state index is 0.119. The van der Waals surface area contributed by atoms with Crippen molar-refractivity contribution in [3.63, 3.8) is 0 Å². The van der Waals surface area contributed by atoms with Crippen molar-refractivity contribution in [1.82, 2.24) is 4.98 Å². The normalized spacial score (nSPS) is 13.8. The lowest BCUT2D eigenvalue weighted by Gasteiger charge is -2.08. The number of benzene rings is 1. The Bertz CT molecular complexity index is 1710. The van der Waals surface area contributed by atoms with Crippen LogP contribution in [0.2, 0.25) is 0 Å². The molecule has 4 heterocycles. The number of pyridine rings is 1. The molecule has 2 N–H and O–H groups in total. The number of aryl methyl sites for hydroxylation is 1. The lowest BCUT2D eigenvalue weighted by Crippen LogP contribution is -2.18. The number of hydrogen-bond acceptors (Lipinski definition) is 7. The zero-order valence-electron chi connectivity index (χ0n) is 19.7. The molecule has 0 saturated heterocycles. The Labute approximate surface area is 210 Å². The van der Waals surface area contributed by atoms with E-state index in [1.807, 2.05) is 31.2 Å². The summed E-state index contributed by atoms with van der Waals surface area (Å²) in [7, 11) is 0. The second-order valence-corrected chi connectivity index (χ2v) is 8.91. The quantitative estimate of drug-likeness (QED) is 0.295. The number of carbonyl (C=O) groups excluding carboxylic acids is 1. The fourth-order valence-corrected chi connectivity index (χ4v) is 4.16. The molecule has 4 aromatic heterocycles. The van der Waals surface area contributed by atoms with Gasteiger partial charge in [0.05, 0.1) is 11.6 Å². The van der Waals surface area contributed by atoms with Gasteiger partial charge in [-0.1, -0.05) is 24.3 Å². The zero-order chi connectivity index (χ0) is 25.6. The first-order valence-electron chi connectivity index (χ1n) is 11.6. The summed E-state index contributed by atoms with van der Waals surface area (Å²) < 4.78 is 22.6. The summed E-state index contributed by atoms with van der Waals surface area (Å²) in [6.45, 7) is 2.07. The van der Waals surface area contributed by atoms with Gasteiger partial charge < -0.3 is 23.1 Å². The van der Waals surface area contributed by atoms with Crippen LogP contribution in [0, 0.1) is 18.8 Å². The number of fused-ring (bicyclic) bond motifs is 2. The molecule has 0 aliphatic heterocycles. The largest absolute Gasteiger partial charge is 0.480 e. The lowest BCUT2D eigenvalue weighted by atomic mass is 10.0. The molecular formula is C28H20N2O7. The summed E-state index contributed by atoms with van der Waals surface area (Å²) in [5.41, 5.74) is 1.77. The van der Waals surface area contributed by atoms with E-state index in [1.54, 1.807) is 24.4 Å². The van der Waals surface area contributed by atoms with E-state index in [4.69, 9.17) is 18.0 Å². The van der Waals surface area contributed by atoms with Crippen molar-refractivity contribution >= 4 is 39.9 Å². The first kappa shape index (κ1) is 22.5. The number of furan rings is 3. The second kappa shape index (κ2) is 8.60. The number of nitrogens with zero attached hydrogens (tertiary/aromatic N) is 1. The highest BCUT2D eigenvalue weighted by Gasteiger charge is 2.54. The van der Waals surface area contributed by atoms with Gasteiger partial charge in [0.2, 0.25) is 5.76 Å². The van der Waals surface area contributed by atoms with Crippen LogP contribution in [0.25, 0.3) is 22.1 Å². The fraction of sp³-hybridized carbons (Fsp3) is 0.179. The van der Waals surface area contributed by atoms with Gasteiger partial charge in [0.25, 0.3) is 5.78 Å². The third-order valence-electron chi connectivity index (χ3n) is 6.48. The molecule has 1 aromatic carbocycles. The number of aromatic nitrogens is 1. The van der Waals surface area contributed by atoms with Crippen molar-refractivity contribution in [2.24, 2.45) is 0 Å². The van der Waals surface area contributed by atoms with Gasteiger partial charge >= 0.3 is 12.1 Å². The molecule has 6 rings (SSSR count). The third-order valence-corrected chi connectivity index (χ3v) is 6.48. The SMILES string of the molecule is Cc1ccccc1COC(=O)Nc1c(C#Cc2cc3cc(C4(C(=O)O)CC4)oc3o2)oc2cnccc12. The number of carboxylic acids is 1. The maximum absolute atomic E-state index is 12.6. The average molecular weight is 496 g/mol. The molecular weight excluding hydrogens is 476 g/mol. The maximum atomic E-state index is 12.6. The smallest absolute Gasteiger partial charge is 0.412 e. The van der Waals surface area contributed by atoms with Crippen LogP contribution in [-0.4, -0.2) is 22.2 Å². The van der Waals surface area contributed by atoms with Gasteiger partial charge in [0, 0.05) is 17.6 Å². The molecule has 184 valence electrons. The number of carbonyl (C=O) groups is 2. The molecule has 9 nitrogen and oxygen atoms in total. The summed E-state index contributed by atoms with van der Waals surface area (Å²) in [6.07, 6.45) is 3.54. The Kier molecular flexibility index (Phi) is 5.23. The van der Waals surface area contributed by atoms with Crippen LogP contribution in [0.1, 0.15) is 41.2 Å². The Morgan fingerprint density at radius 1 is 1.14 bits per heavy atom. The predicted molar refractivity (Wildman–Crippen MR) is 132 cm³/mol. The molecule has 0 radical (unpaired) electrons. The van der Waals surface area contributed by atoms with Crippen LogP contribution in [0.4, 0.5) is 10.5 Å². The minimum atomic E-state index is -0.954. The highest BCUT2D eigenvalue weighted by Crippen LogP contribution is 2.50. The molecule has 0 atom stereocenters. The van der Waals surface area contributed by atoms with E-state index >= 15 is 0 Å². The summed E-state index contributed by atoms with van der Waals surface area (Å²) in [5, 5.41) is 13.4. The molecule has 1 aliphatic carbocycles. The first-order chi connectivity index (χ1) is 17.9. The fourth-order valence-electron chi connectivity index (χ4n) is 4.16. The van der Waals surface area contributed by atoms with Gasteiger partial charge in [-0.05, 0) is 54.9 Å². The summed E-state index contributed by atoms with van der Waals surface area (Å²) in [4.78, 5) is 28.2. The van der Waals surface area contributed by atoms with Crippen molar-refractivity contribution in [3.05, 3.63) is 83.3 Å². The van der Waals surface area contributed by atoms with E-state index in [2.05, 4.69) is 22.1 Å². The number of hydrogen-bond donors (Lipinski definition) is 2. The van der Waals surface area contributed by atoms with E-state index < -0.39 is 17.5 Å².